The minimum absolute atomic E-state index is 0.312. The Bertz CT molecular complexity index is 1510. The lowest BCUT2D eigenvalue weighted by Crippen LogP contribution is -2.20. The summed E-state index contributed by atoms with van der Waals surface area (Å²) in [6.45, 7) is 2.19. The number of nitrogens with two attached hydrogens (primary N) is 1. The molecule has 2 aromatic heterocycles. The Hall–Kier alpha value is -3.91. The molecule has 3 N–H and O–H groups in total. The number of hydrogen-bond donors (Lipinski definition) is 2. The molecule has 1 aliphatic carbocycles. The van der Waals surface area contributed by atoms with E-state index in [-0.39, 0.29) is 5.91 Å². The van der Waals surface area contributed by atoms with E-state index in [0.717, 1.165) is 47.1 Å². The Morgan fingerprint density at radius 3 is 2.62 bits per heavy atom. The van der Waals surface area contributed by atoms with Gasteiger partial charge < -0.3 is 20.5 Å². The highest BCUT2D eigenvalue weighted by molar-refractivity contribution is 7.17. The van der Waals surface area contributed by atoms with Crippen LogP contribution in [0.5, 0.6) is 11.5 Å². The quantitative estimate of drug-likeness (QED) is 0.322. The number of amides is 2. The average molecular weight is 516 g/mol. The molecule has 1 aliphatic rings. The topological polar surface area (TPSA) is 104 Å². The highest BCUT2D eigenvalue weighted by Gasteiger charge is 2.28. The van der Waals surface area contributed by atoms with Crippen LogP contribution < -0.4 is 20.5 Å². The number of pyridine rings is 1. The minimum atomic E-state index is -0.506. The number of hydrogen-bond acceptors (Lipinski definition) is 6. The van der Waals surface area contributed by atoms with Gasteiger partial charge in [-0.05, 0) is 61.1 Å². The van der Waals surface area contributed by atoms with Gasteiger partial charge in [-0.1, -0.05) is 31.5 Å². The second kappa shape index (κ2) is 10.2. The normalized spacial score (nSPS) is 14.7. The van der Waals surface area contributed by atoms with E-state index in [0.29, 0.717) is 44.8 Å². The zero-order valence-electron chi connectivity index (χ0n) is 21.1. The Kier molecular flexibility index (Phi) is 6.84. The summed E-state index contributed by atoms with van der Waals surface area (Å²) in [4.78, 5) is 32.1. The molecule has 190 valence electrons. The fourth-order valence-corrected chi connectivity index (χ4v) is 6.39. The van der Waals surface area contributed by atoms with Gasteiger partial charge in [-0.2, -0.15) is 0 Å². The first-order valence-corrected chi connectivity index (χ1v) is 13.1. The lowest BCUT2D eigenvalue weighted by Gasteiger charge is -2.20. The van der Waals surface area contributed by atoms with Crippen molar-refractivity contribution in [3.05, 3.63) is 70.1 Å². The van der Waals surface area contributed by atoms with Crippen LogP contribution in [0.3, 0.4) is 0 Å². The maximum atomic E-state index is 13.7. The molecule has 0 saturated carbocycles. The highest BCUT2D eigenvalue weighted by Crippen LogP contribution is 2.41. The van der Waals surface area contributed by atoms with Gasteiger partial charge in [-0.15, -0.1) is 11.3 Å². The number of aromatic nitrogens is 1. The van der Waals surface area contributed by atoms with Crippen LogP contribution >= 0.6 is 11.3 Å². The maximum absolute atomic E-state index is 13.7. The van der Waals surface area contributed by atoms with Gasteiger partial charge in [0, 0.05) is 15.8 Å². The van der Waals surface area contributed by atoms with Gasteiger partial charge >= 0.3 is 0 Å². The van der Waals surface area contributed by atoms with Crippen LogP contribution in [0.25, 0.3) is 22.2 Å². The number of fused-ring (bicyclic) bond motifs is 2. The molecular formula is C29H29N3O4S. The molecule has 0 aliphatic heterocycles. The van der Waals surface area contributed by atoms with Crippen molar-refractivity contribution in [1.82, 2.24) is 4.98 Å². The fourth-order valence-electron chi connectivity index (χ4n) is 5.03. The smallest absolute Gasteiger partial charge is 0.257 e. The number of anilines is 1. The van der Waals surface area contributed by atoms with E-state index in [1.165, 1.54) is 11.3 Å². The Morgan fingerprint density at radius 1 is 1.11 bits per heavy atom. The summed E-state index contributed by atoms with van der Waals surface area (Å²) >= 11 is 1.47. The van der Waals surface area contributed by atoms with E-state index < -0.39 is 5.91 Å². The number of primary amides is 1. The van der Waals surface area contributed by atoms with E-state index in [4.69, 9.17) is 20.2 Å². The first-order chi connectivity index (χ1) is 17.9. The third-order valence-electron chi connectivity index (χ3n) is 7.06. The average Bonchev–Trinajstić information content (AvgIpc) is 3.28. The number of carbonyl (C=O) groups excluding carboxylic acids is 2. The molecule has 0 saturated heterocycles. The number of para-hydroxylation sites is 1. The highest BCUT2D eigenvalue weighted by atomic mass is 32.1. The Morgan fingerprint density at radius 2 is 1.89 bits per heavy atom. The van der Waals surface area contributed by atoms with Gasteiger partial charge in [0.25, 0.3) is 11.8 Å². The summed E-state index contributed by atoms with van der Waals surface area (Å²) in [5.74, 6) is 0.947. The van der Waals surface area contributed by atoms with Gasteiger partial charge in [0.2, 0.25) is 0 Å². The van der Waals surface area contributed by atoms with Crippen molar-refractivity contribution in [3.8, 4) is 22.8 Å². The van der Waals surface area contributed by atoms with Crippen molar-refractivity contribution in [2.75, 3.05) is 19.5 Å². The number of thiophene rings is 1. The van der Waals surface area contributed by atoms with Gasteiger partial charge in [0.1, 0.15) is 5.00 Å². The molecule has 1 atom stereocenters. The molecule has 1 unspecified atom stereocenters. The van der Waals surface area contributed by atoms with Crippen molar-refractivity contribution in [2.24, 2.45) is 11.7 Å². The van der Waals surface area contributed by atoms with E-state index in [1.807, 2.05) is 42.5 Å². The standard InChI is InChI=1S/C29H29N3O4S/c1-4-16-9-11-19-25(13-16)37-29(26(19)27(30)33)32-28(34)20-15-22(31-21-8-6-5-7-18(20)21)17-10-12-23(35-2)24(14-17)36-3/h5-8,10,12,14-16H,4,9,11,13H2,1-3H3,(H2,30,33)(H,32,34). The summed E-state index contributed by atoms with van der Waals surface area (Å²) in [6, 6.07) is 14.8. The summed E-state index contributed by atoms with van der Waals surface area (Å²) < 4.78 is 10.8. The van der Waals surface area contributed by atoms with Crippen LogP contribution in [0.1, 0.15) is 50.9 Å². The van der Waals surface area contributed by atoms with Gasteiger partial charge in [0.15, 0.2) is 11.5 Å². The Balaban J connectivity index is 1.57. The molecule has 5 rings (SSSR count). The van der Waals surface area contributed by atoms with Crippen LogP contribution in [0.4, 0.5) is 5.00 Å². The SMILES string of the molecule is CCC1CCc2c(sc(NC(=O)c3cc(-c4ccc(OC)c(OC)c4)nc4ccccc34)c2C(N)=O)C1. The number of nitrogens with one attached hydrogen (secondary N) is 1. The fraction of sp³-hybridized carbons (Fsp3) is 0.276. The lowest BCUT2D eigenvalue weighted by molar-refractivity contribution is 0.1000. The van der Waals surface area contributed by atoms with Crippen molar-refractivity contribution in [1.29, 1.82) is 0 Å². The third-order valence-corrected chi connectivity index (χ3v) is 8.23. The molecular weight excluding hydrogens is 486 g/mol. The van der Waals surface area contributed by atoms with E-state index in [2.05, 4.69) is 12.2 Å². The van der Waals surface area contributed by atoms with Crippen LogP contribution in [-0.2, 0) is 12.8 Å². The second-order valence-electron chi connectivity index (χ2n) is 9.19. The van der Waals surface area contributed by atoms with Crippen LogP contribution in [0.15, 0.2) is 48.5 Å². The predicted octanol–water partition coefficient (Wildman–Crippen LogP) is 5.85. The van der Waals surface area contributed by atoms with E-state index in [9.17, 15) is 9.59 Å². The van der Waals surface area contributed by atoms with Crippen LogP contribution in [0, 0.1) is 5.92 Å². The zero-order chi connectivity index (χ0) is 26.1. The van der Waals surface area contributed by atoms with E-state index >= 15 is 0 Å². The lowest BCUT2D eigenvalue weighted by atomic mass is 9.85. The number of nitrogens with zero attached hydrogens (tertiary/aromatic N) is 1. The molecule has 0 radical (unpaired) electrons. The second-order valence-corrected chi connectivity index (χ2v) is 10.3. The molecule has 0 fully saturated rings. The summed E-state index contributed by atoms with van der Waals surface area (Å²) in [7, 11) is 3.16. The number of benzene rings is 2. The molecule has 2 aromatic carbocycles. The van der Waals surface area contributed by atoms with Gasteiger partial charge in [0.05, 0.1) is 36.6 Å². The van der Waals surface area contributed by atoms with Gasteiger partial charge in [-0.3, -0.25) is 9.59 Å². The predicted molar refractivity (Wildman–Crippen MR) is 147 cm³/mol. The molecule has 7 nitrogen and oxygen atoms in total. The van der Waals surface area contributed by atoms with Crippen LogP contribution in [0.2, 0.25) is 0 Å². The van der Waals surface area contributed by atoms with Crippen molar-refractivity contribution >= 4 is 39.1 Å². The molecule has 2 heterocycles. The third kappa shape index (κ3) is 4.64. The number of rotatable bonds is 7. The van der Waals surface area contributed by atoms with Crippen LogP contribution in [-0.4, -0.2) is 31.0 Å². The summed E-state index contributed by atoms with van der Waals surface area (Å²) in [5, 5.41) is 4.26. The van der Waals surface area contributed by atoms with Crippen molar-refractivity contribution < 1.29 is 19.1 Å². The molecule has 8 heteroatoms. The zero-order valence-corrected chi connectivity index (χ0v) is 21.9. The number of carbonyl (C=O) groups is 2. The summed E-state index contributed by atoms with van der Waals surface area (Å²) in [6.07, 6.45) is 3.83. The summed E-state index contributed by atoms with van der Waals surface area (Å²) in [5.41, 5.74) is 9.78. The van der Waals surface area contributed by atoms with Gasteiger partial charge in [-0.25, -0.2) is 4.98 Å². The number of methoxy groups -OCH3 is 2. The number of ether oxygens (including phenoxy) is 2. The molecule has 4 aromatic rings. The molecule has 2 amide bonds. The molecule has 0 bridgehead atoms. The maximum Gasteiger partial charge on any atom is 0.257 e. The molecule has 0 spiro atoms. The van der Waals surface area contributed by atoms with Crippen molar-refractivity contribution in [2.45, 2.75) is 32.6 Å². The monoisotopic (exact) mass is 515 g/mol. The van der Waals surface area contributed by atoms with E-state index in [1.54, 1.807) is 20.3 Å². The largest absolute Gasteiger partial charge is 0.493 e. The first-order valence-electron chi connectivity index (χ1n) is 12.3. The first kappa shape index (κ1) is 24.8. The van der Waals surface area contributed by atoms with Crippen molar-refractivity contribution in [3.63, 3.8) is 0 Å². The minimum Gasteiger partial charge on any atom is -0.493 e. The Labute approximate surface area is 219 Å². The molecule has 37 heavy (non-hydrogen) atoms.